The molecule has 7 nitrogen and oxygen atoms in total. The first-order valence-electron chi connectivity index (χ1n) is 11.7. The van der Waals surface area contributed by atoms with Crippen molar-refractivity contribution in [1.29, 1.82) is 0 Å². The molecule has 0 saturated heterocycles. The molecule has 0 unspecified atom stereocenters. The van der Waals surface area contributed by atoms with Crippen LogP contribution >= 0.6 is 0 Å². The summed E-state index contributed by atoms with van der Waals surface area (Å²) in [6.07, 6.45) is 1.39. The van der Waals surface area contributed by atoms with Crippen molar-refractivity contribution in [3.05, 3.63) is 89.0 Å². The minimum Gasteiger partial charge on any atom is -0.309 e. The van der Waals surface area contributed by atoms with Gasteiger partial charge in [0.2, 0.25) is 15.9 Å². The summed E-state index contributed by atoms with van der Waals surface area (Å²) >= 11 is 0. The van der Waals surface area contributed by atoms with Gasteiger partial charge in [-0.15, -0.1) is 0 Å². The Morgan fingerprint density at radius 1 is 0.971 bits per heavy atom. The van der Waals surface area contributed by atoms with Crippen LogP contribution in [0.2, 0.25) is 0 Å². The van der Waals surface area contributed by atoms with E-state index in [2.05, 4.69) is 4.72 Å². The van der Waals surface area contributed by atoms with Gasteiger partial charge in [0.15, 0.2) is 0 Å². The van der Waals surface area contributed by atoms with Crippen LogP contribution in [0.1, 0.15) is 40.9 Å². The maximum absolute atomic E-state index is 13.0. The van der Waals surface area contributed by atoms with E-state index in [1.54, 1.807) is 34.1 Å². The molecular formula is C27H27N3O4S. The maximum atomic E-state index is 13.0. The SMILES string of the molecule is CC(=O)N1c2ccc(S(=O)(=O)NCc3ccc4c(c3)N(C(=O)c3ccccc3)CC4)cc2C[C@@H]1C. The quantitative estimate of drug-likeness (QED) is 0.593. The number of hydrogen-bond donors (Lipinski definition) is 1. The van der Waals surface area contributed by atoms with Crippen LogP contribution in [0.4, 0.5) is 11.4 Å². The van der Waals surface area contributed by atoms with Crippen molar-refractivity contribution in [2.45, 2.75) is 44.2 Å². The van der Waals surface area contributed by atoms with E-state index < -0.39 is 10.0 Å². The summed E-state index contributed by atoms with van der Waals surface area (Å²) in [5, 5.41) is 0. The topological polar surface area (TPSA) is 86.8 Å². The summed E-state index contributed by atoms with van der Waals surface area (Å²) in [6.45, 7) is 4.18. The lowest BCUT2D eigenvalue weighted by Crippen LogP contribution is -2.33. The molecule has 2 amide bonds. The third-order valence-corrected chi connectivity index (χ3v) is 8.09. The van der Waals surface area contributed by atoms with E-state index in [9.17, 15) is 18.0 Å². The molecule has 1 atom stereocenters. The van der Waals surface area contributed by atoms with E-state index in [-0.39, 0.29) is 29.3 Å². The third-order valence-electron chi connectivity index (χ3n) is 6.69. The molecule has 35 heavy (non-hydrogen) atoms. The zero-order valence-electron chi connectivity index (χ0n) is 19.7. The van der Waals surface area contributed by atoms with Gasteiger partial charge in [0.25, 0.3) is 5.91 Å². The summed E-state index contributed by atoms with van der Waals surface area (Å²) < 4.78 is 28.8. The highest BCUT2D eigenvalue weighted by Gasteiger charge is 2.30. The predicted octanol–water partition coefficient (Wildman–Crippen LogP) is 3.67. The summed E-state index contributed by atoms with van der Waals surface area (Å²) in [5.74, 6) is -0.115. The lowest BCUT2D eigenvalue weighted by Gasteiger charge is -2.20. The van der Waals surface area contributed by atoms with Gasteiger partial charge in [0.1, 0.15) is 0 Å². The van der Waals surface area contributed by atoms with E-state index in [0.29, 0.717) is 18.5 Å². The molecule has 1 N–H and O–H groups in total. The minimum absolute atomic E-state index is 0.00127. The van der Waals surface area contributed by atoms with Crippen molar-refractivity contribution in [3.8, 4) is 0 Å². The van der Waals surface area contributed by atoms with Crippen LogP contribution in [0.5, 0.6) is 0 Å². The number of anilines is 2. The summed E-state index contributed by atoms with van der Waals surface area (Å²) in [6, 6.07) is 19.8. The first kappa shape index (κ1) is 23.3. The van der Waals surface area contributed by atoms with E-state index in [4.69, 9.17) is 0 Å². The average molecular weight is 490 g/mol. The molecule has 0 aliphatic carbocycles. The van der Waals surface area contributed by atoms with E-state index in [0.717, 1.165) is 34.5 Å². The van der Waals surface area contributed by atoms with Gasteiger partial charge in [-0.25, -0.2) is 13.1 Å². The number of carbonyl (C=O) groups excluding carboxylic acids is 2. The van der Waals surface area contributed by atoms with Crippen molar-refractivity contribution in [1.82, 2.24) is 4.72 Å². The number of rotatable bonds is 5. The Balaban J connectivity index is 1.33. The number of amides is 2. The smallest absolute Gasteiger partial charge is 0.258 e. The molecule has 3 aromatic rings. The molecule has 2 aliphatic heterocycles. The Hall–Kier alpha value is -3.49. The molecule has 5 rings (SSSR count). The largest absolute Gasteiger partial charge is 0.309 e. The molecule has 3 aromatic carbocycles. The van der Waals surface area contributed by atoms with Gasteiger partial charge in [-0.05, 0) is 72.9 Å². The fourth-order valence-electron chi connectivity index (χ4n) is 5.00. The number of nitrogens with zero attached hydrogens (tertiary/aromatic N) is 2. The molecule has 180 valence electrons. The summed E-state index contributed by atoms with van der Waals surface area (Å²) in [7, 11) is -3.76. The number of carbonyl (C=O) groups is 2. The number of sulfonamides is 1. The van der Waals surface area contributed by atoms with Gasteiger partial charge in [0, 0.05) is 43.0 Å². The molecule has 0 saturated carbocycles. The second-order valence-electron chi connectivity index (χ2n) is 9.09. The molecule has 8 heteroatoms. The molecule has 0 spiro atoms. The van der Waals surface area contributed by atoms with Gasteiger partial charge in [-0.2, -0.15) is 0 Å². The number of fused-ring (bicyclic) bond motifs is 2. The Bertz CT molecular complexity index is 1420. The fraction of sp³-hybridized carbons (Fsp3) is 0.259. The van der Waals surface area contributed by atoms with Gasteiger partial charge >= 0.3 is 0 Å². The van der Waals surface area contributed by atoms with Crippen molar-refractivity contribution < 1.29 is 18.0 Å². The Kier molecular flexibility index (Phi) is 5.94. The predicted molar refractivity (Wildman–Crippen MR) is 135 cm³/mol. The minimum atomic E-state index is -3.76. The molecule has 2 aliphatic rings. The Morgan fingerprint density at radius 2 is 1.74 bits per heavy atom. The molecule has 0 bridgehead atoms. The third kappa shape index (κ3) is 4.35. The van der Waals surface area contributed by atoms with E-state index in [1.807, 2.05) is 43.3 Å². The lowest BCUT2D eigenvalue weighted by atomic mass is 10.1. The maximum Gasteiger partial charge on any atom is 0.258 e. The summed E-state index contributed by atoms with van der Waals surface area (Å²) in [4.78, 5) is 28.6. The van der Waals surface area contributed by atoms with Crippen LogP contribution in [-0.2, 0) is 34.2 Å². The zero-order chi connectivity index (χ0) is 24.7. The van der Waals surface area contributed by atoms with Crippen molar-refractivity contribution >= 4 is 33.2 Å². The standard InChI is InChI=1S/C27H27N3O4S/c1-18-14-23-16-24(10-11-25(23)30(18)19(2)31)35(33,34)28-17-20-8-9-21-12-13-29(26(21)15-20)27(32)22-6-4-3-5-7-22/h3-11,15-16,18,28H,12-14,17H2,1-2H3/t18-/m0/s1. The van der Waals surface area contributed by atoms with E-state index in [1.165, 1.54) is 13.0 Å². The van der Waals surface area contributed by atoms with Gasteiger partial charge in [-0.3, -0.25) is 9.59 Å². The zero-order valence-corrected chi connectivity index (χ0v) is 20.5. The number of benzene rings is 3. The normalized spacial score (nSPS) is 16.8. The summed E-state index contributed by atoms with van der Waals surface area (Å²) in [5.41, 5.74) is 4.92. The molecule has 2 heterocycles. The average Bonchev–Trinajstić information content (AvgIpc) is 3.42. The van der Waals surface area contributed by atoms with Crippen molar-refractivity contribution in [2.24, 2.45) is 0 Å². The monoisotopic (exact) mass is 489 g/mol. The van der Waals surface area contributed by atoms with Gasteiger partial charge < -0.3 is 9.80 Å². The Morgan fingerprint density at radius 3 is 2.49 bits per heavy atom. The van der Waals surface area contributed by atoms with Gasteiger partial charge in [-0.1, -0.05) is 30.3 Å². The number of hydrogen-bond acceptors (Lipinski definition) is 4. The van der Waals surface area contributed by atoms with Crippen LogP contribution in [0.15, 0.2) is 71.6 Å². The first-order chi connectivity index (χ1) is 16.7. The van der Waals surface area contributed by atoms with Crippen molar-refractivity contribution in [3.63, 3.8) is 0 Å². The van der Waals surface area contributed by atoms with Crippen LogP contribution in [0.25, 0.3) is 0 Å². The highest BCUT2D eigenvalue weighted by molar-refractivity contribution is 7.89. The fourth-order valence-corrected chi connectivity index (χ4v) is 6.07. The van der Waals surface area contributed by atoms with Crippen LogP contribution in [0.3, 0.4) is 0 Å². The van der Waals surface area contributed by atoms with Crippen LogP contribution < -0.4 is 14.5 Å². The highest BCUT2D eigenvalue weighted by Crippen LogP contribution is 2.34. The molecule has 0 fully saturated rings. The lowest BCUT2D eigenvalue weighted by molar-refractivity contribution is -0.116. The Labute approximate surface area is 205 Å². The second kappa shape index (κ2) is 8.94. The molecule has 0 aromatic heterocycles. The second-order valence-corrected chi connectivity index (χ2v) is 10.9. The van der Waals surface area contributed by atoms with Crippen LogP contribution in [0, 0.1) is 0 Å². The van der Waals surface area contributed by atoms with E-state index >= 15 is 0 Å². The van der Waals surface area contributed by atoms with Crippen molar-refractivity contribution in [2.75, 3.05) is 16.3 Å². The van der Waals surface area contributed by atoms with Gasteiger partial charge in [0.05, 0.1) is 4.90 Å². The number of nitrogens with one attached hydrogen (secondary N) is 1. The van der Waals surface area contributed by atoms with Crippen LogP contribution in [-0.4, -0.2) is 32.8 Å². The molecular weight excluding hydrogens is 462 g/mol. The highest BCUT2D eigenvalue weighted by atomic mass is 32.2. The molecule has 0 radical (unpaired) electrons. The first-order valence-corrected chi connectivity index (χ1v) is 13.1.